The predicted molar refractivity (Wildman–Crippen MR) is 102 cm³/mol. The van der Waals surface area contributed by atoms with E-state index in [0.29, 0.717) is 12.5 Å². The van der Waals surface area contributed by atoms with Gasteiger partial charge in [-0.2, -0.15) is 0 Å². The van der Waals surface area contributed by atoms with Gasteiger partial charge in [-0.25, -0.2) is 4.79 Å². The molecule has 0 amide bonds. The molecule has 0 aliphatic carbocycles. The van der Waals surface area contributed by atoms with Crippen LogP contribution >= 0.6 is 22.6 Å². The number of unbranched alkanes of at least 4 members (excludes halogenated alkanes) is 10. The van der Waals surface area contributed by atoms with Crippen LogP contribution in [0.4, 0.5) is 4.79 Å². The van der Waals surface area contributed by atoms with E-state index in [1.165, 1.54) is 57.8 Å². The summed E-state index contributed by atoms with van der Waals surface area (Å²) in [6, 6.07) is 0. The Morgan fingerprint density at radius 3 is 1.77 bits per heavy atom. The average Bonchev–Trinajstić information content (AvgIpc) is 2.48. The minimum atomic E-state index is -0.528. The van der Waals surface area contributed by atoms with Gasteiger partial charge in [0.1, 0.15) is 0 Å². The molecule has 0 fully saturated rings. The zero-order chi connectivity index (χ0) is 16.6. The Hall–Kier alpha value is 0. The number of hydrogen-bond acceptors (Lipinski definition) is 3. The molecule has 0 aromatic carbocycles. The molecule has 132 valence electrons. The number of carbonyl (C=O) groups is 1. The summed E-state index contributed by atoms with van der Waals surface area (Å²) in [6.07, 6.45) is 13.7. The van der Waals surface area contributed by atoms with E-state index in [9.17, 15) is 4.79 Å². The number of carbonyl (C=O) groups excluding carboxylic acids is 1. The predicted octanol–water partition coefficient (Wildman–Crippen LogP) is 6.87. The minimum absolute atomic E-state index is 0.109. The molecule has 0 N–H and O–H groups in total. The molecule has 0 aliphatic rings. The number of ether oxygens (including phenoxy) is 2. The molecule has 0 bridgehead atoms. The van der Waals surface area contributed by atoms with Crippen LogP contribution in [0.5, 0.6) is 0 Å². The number of alkyl halides is 1. The van der Waals surface area contributed by atoms with E-state index in [2.05, 4.69) is 29.5 Å². The lowest BCUT2D eigenvalue weighted by molar-refractivity contribution is 0.0409. The van der Waals surface area contributed by atoms with Crippen LogP contribution in [-0.4, -0.2) is 16.9 Å². The molecule has 1 atom stereocenters. The van der Waals surface area contributed by atoms with Gasteiger partial charge in [0.2, 0.25) is 0 Å². The number of halogens is 1. The Morgan fingerprint density at radius 1 is 0.864 bits per heavy atom. The van der Waals surface area contributed by atoms with Crippen LogP contribution in [0.3, 0.4) is 0 Å². The van der Waals surface area contributed by atoms with Crippen LogP contribution in [0.15, 0.2) is 0 Å². The fourth-order valence-corrected chi connectivity index (χ4v) is 2.39. The number of hydrogen-bond donors (Lipinski definition) is 0. The first-order valence-corrected chi connectivity index (χ1v) is 10.3. The second-order valence-electron chi connectivity index (χ2n) is 6.35. The van der Waals surface area contributed by atoms with Gasteiger partial charge >= 0.3 is 6.16 Å². The summed E-state index contributed by atoms with van der Waals surface area (Å²) in [4.78, 5) is 11.4. The zero-order valence-electron chi connectivity index (χ0n) is 14.7. The van der Waals surface area contributed by atoms with Crippen LogP contribution in [0.2, 0.25) is 0 Å². The van der Waals surface area contributed by atoms with Crippen molar-refractivity contribution >= 4 is 28.7 Å². The maximum absolute atomic E-state index is 11.4. The normalized spacial score (nSPS) is 12.4. The highest BCUT2D eigenvalue weighted by atomic mass is 127. The van der Waals surface area contributed by atoms with Gasteiger partial charge in [-0.3, -0.25) is 0 Å². The first-order chi connectivity index (χ1) is 10.6. The van der Waals surface area contributed by atoms with Crippen LogP contribution < -0.4 is 0 Å². The summed E-state index contributed by atoms with van der Waals surface area (Å²) in [5.41, 5.74) is 0. The third-order valence-corrected chi connectivity index (χ3v) is 5.39. The third-order valence-electron chi connectivity index (χ3n) is 3.70. The van der Waals surface area contributed by atoms with Crippen molar-refractivity contribution in [2.75, 3.05) is 6.61 Å². The van der Waals surface area contributed by atoms with E-state index >= 15 is 0 Å². The van der Waals surface area contributed by atoms with Crippen molar-refractivity contribution in [1.82, 2.24) is 0 Å². The van der Waals surface area contributed by atoms with Crippen LogP contribution in [0.1, 0.15) is 91.4 Å². The molecular formula is C18H35IO3. The summed E-state index contributed by atoms with van der Waals surface area (Å²) >= 11 is 2.12. The summed E-state index contributed by atoms with van der Waals surface area (Å²) in [5.74, 6) is 0.315. The fraction of sp³-hybridized carbons (Fsp3) is 0.944. The van der Waals surface area contributed by atoms with Gasteiger partial charge in [0, 0.05) is 0 Å². The van der Waals surface area contributed by atoms with Gasteiger partial charge in [0.25, 0.3) is 0 Å². The van der Waals surface area contributed by atoms with E-state index in [1.54, 1.807) is 0 Å². The van der Waals surface area contributed by atoms with Crippen LogP contribution in [0, 0.1) is 5.92 Å². The third kappa shape index (κ3) is 14.9. The first-order valence-electron chi connectivity index (χ1n) is 9.05. The Bertz CT molecular complexity index is 257. The van der Waals surface area contributed by atoms with Gasteiger partial charge in [-0.05, 0) is 34.9 Å². The van der Waals surface area contributed by atoms with Gasteiger partial charge < -0.3 is 9.47 Å². The highest BCUT2D eigenvalue weighted by molar-refractivity contribution is 14.1. The van der Waals surface area contributed by atoms with Gasteiger partial charge in [0.15, 0.2) is 4.11 Å². The van der Waals surface area contributed by atoms with E-state index in [1.807, 2.05) is 13.8 Å². The Kier molecular flexibility index (Phi) is 15.9. The minimum Gasteiger partial charge on any atom is -0.434 e. The standard InChI is InChI=1S/C18H35IO3/c1-4-5-6-7-8-9-10-11-12-13-14-15-21-18(20)22-17(19)16(2)3/h16-17H,4-15H2,1-3H3. The molecule has 0 radical (unpaired) electrons. The SMILES string of the molecule is CCCCCCCCCCCCCOC(=O)OC(I)C(C)C. The monoisotopic (exact) mass is 426 g/mol. The van der Waals surface area contributed by atoms with Gasteiger partial charge in [-0.15, -0.1) is 0 Å². The van der Waals surface area contributed by atoms with Crippen molar-refractivity contribution in [1.29, 1.82) is 0 Å². The molecule has 0 heterocycles. The van der Waals surface area contributed by atoms with E-state index in [-0.39, 0.29) is 4.11 Å². The van der Waals surface area contributed by atoms with Crippen molar-refractivity contribution in [3.8, 4) is 0 Å². The highest BCUT2D eigenvalue weighted by Crippen LogP contribution is 2.15. The zero-order valence-corrected chi connectivity index (χ0v) is 16.9. The van der Waals surface area contributed by atoms with Crippen LogP contribution in [-0.2, 0) is 9.47 Å². The van der Waals surface area contributed by atoms with E-state index in [4.69, 9.17) is 9.47 Å². The van der Waals surface area contributed by atoms with Gasteiger partial charge in [0.05, 0.1) is 6.61 Å². The molecule has 4 heteroatoms. The van der Waals surface area contributed by atoms with Crippen molar-refractivity contribution in [3.63, 3.8) is 0 Å². The number of rotatable bonds is 14. The lowest BCUT2D eigenvalue weighted by Crippen LogP contribution is -2.18. The molecule has 0 saturated heterocycles. The van der Waals surface area contributed by atoms with Crippen molar-refractivity contribution < 1.29 is 14.3 Å². The second-order valence-corrected chi connectivity index (χ2v) is 7.57. The molecule has 0 saturated carbocycles. The largest absolute Gasteiger partial charge is 0.509 e. The molecule has 0 spiro atoms. The summed E-state index contributed by atoms with van der Waals surface area (Å²) < 4.78 is 10.1. The van der Waals surface area contributed by atoms with Crippen molar-refractivity contribution in [2.45, 2.75) is 95.5 Å². The Balaban J connectivity index is 3.21. The van der Waals surface area contributed by atoms with E-state index in [0.717, 1.165) is 12.8 Å². The highest BCUT2D eigenvalue weighted by Gasteiger charge is 2.15. The molecular weight excluding hydrogens is 391 g/mol. The van der Waals surface area contributed by atoms with Gasteiger partial charge in [-0.1, -0.05) is 85.0 Å². The summed E-state index contributed by atoms with van der Waals surface area (Å²) in [7, 11) is 0. The molecule has 3 nitrogen and oxygen atoms in total. The molecule has 0 rings (SSSR count). The van der Waals surface area contributed by atoms with Crippen molar-refractivity contribution in [2.24, 2.45) is 5.92 Å². The molecule has 1 unspecified atom stereocenters. The quantitative estimate of drug-likeness (QED) is 0.132. The summed E-state index contributed by atoms with van der Waals surface area (Å²) in [5, 5.41) is 0. The maximum Gasteiger partial charge on any atom is 0.509 e. The Labute approximate surface area is 151 Å². The lowest BCUT2D eigenvalue weighted by Gasteiger charge is -2.14. The lowest BCUT2D eigenvalue weighted by atomic mass is 10.1. The van der Waals surface area contributed by atoms with Crippen LogP contribution in [0.25, 0.3) is 0 Å². The fourth-order valence-electron chi connectivity index (χ4n) is 2.18. The average molecular weight is 426 g/mol. The Morgan fingerprint density at radius 2 is 1.32 bits per heavy atom. The first kappa shape index (κ1) is 22.0. The topological polar surface area (TPSA) is 35.5 Å². The summed E-state index contributed by atoms with van der Waals surface area (Å²) in [6.45, 7) is 6.79. The molecule has 0 aliphatic heterocycles. The smallest absolute Gasteiger partial charge is 0.434 e. The molecule has 22 heavy (non-hydrogen) atoms. The molecule has 0 aromatic rings. The molecule has 0 aromatic heterocycles. The van der Waals surface area contributed by atoms with E-state index < -0.39 is 6.16 Å². The maximum atomic E-state index is 11.4. The second kappa shape index (κ2) is 15.9. The van der Waals surface area contributed by atoms with Crippen molar-refractivity contribution in [3.05, 3.63) is 0 Å².